The lowest BCUT2D eigenvalue weighted by molar-refractivity contribution is -0.389. The molecular weight excluding hydrogens is 393 g/mol. The fraction of sp³-hybridized carbons (Fsp3) is 0.444. The average Bonchev–Trinajstić information content (AvgIpc) is 2.94. The Morgan fingerprint density at radius 2 is 2.14 bits per heavy atom. The van der Waals surface area contributed by atoms with E-state index in [1.165, 1.54) is 4.80 Å². The molecule has 22 heavy (non-hydrogen) atoms. The van der Waals surface area contributed by atoms with Crippen LogP contribution in [0.15, 0.2) is 9.98 Å². The quantitative estimate of drug-likeness (QED) is 0.582. The molecule has 0 N–H and O–H groups in total. The molecule has 0 aliphatic carbocycles. The number of hydrogen-bond acceptors (Lipinski definition) is 7. The molecule has 1 saturated heterocycles. The summed E-state index contributed by atoms with van der Waals surface area (Å²) in [6.07, 6.45) is -3.48. The standard InChI is InChI=1S/C9H6BrF3N6O2S/c10-7-6(9(11,12)13)15-8(22-7)17-2-4(3-17)18-14-1-5(16-18)19(20)21/h1,4H,2-3H2. The second kappa shape index (κ2) is 5.15. The molecular formula is C9H6BrF3N6O2S. The van der Waals surface area contributed by atoms with E-state index in [2.05, 4.69) is 31.1 Å². The Morgan fingerprint density at radius 1 is 1.45 bits per heavy atom. The van der Waals surface area contributed by atoms with Crippen molar-refractivity contribution in [2.75, 3.05) is 18.0 Å². The number of aromatic nitrogens is 4. The van der Waals surface area contributed by atoms with Gasteiger partial charge in [0.1, 0.15) is 9.83 Å². The van der Waals surface area contributed by atoms with E-state index in [1.807, 2.05) is 0 Å². The summed E-state index contributed by atoms with van der Waals surface area (Å²) in [6, 6.07) is -0.231. The second-order valence-corrected chi connectivity index (χ2v) is 6.75. The first-order chi connectivity index (χ1) is 10.3. The molecule has 3 rings (SSSR count). The molecule has 0 radical (unpaired) electrons. The predicted molar refractivity (Wildman–Crippen MR) is 72.7 cm³/mol. The molecule has 0 aromatic carbocycles. The normalized spacial score (nSPS) is 15.9. The lowest BCUT2D eigenvalue weighted by Gasteiger charge is -2.36. The monoisotopic (exact) mass is 398 g/mol. The Kier molecular flexibility index (Phi) is 3.55. The summed E-state index contributed by atoms with van der Waals surface area (Å²) >= 11 is 3.74. The van der Waals surface area contributed by atoms with Crippen molar-refractivity contribution in [2.24, 2.45) is 0 Å². The molecule has 2 aromatic rings. The van der Waals surface area contributed by atoms with Crippen molar-refractivity contribution >= 4 is 38.2 Å². The number of halogens is 4. The van der Waals surface area contributed by atoms with E-state index in [9.17, 15) is 23.3 Å². The van der Waals surface area contributed by atoms with Gasteiger partial charge in [0.05, 0.1) is 5.10 Å². The zero-order valence-electron chi connectivity index (χ0n) is 10.5. The van der Waals surface area contributed by atoms with Gasteiger partial charge >= 0.3 is 12.0 Å². The first-order valence-electron chi connectivity index (χ1n) is 5.80. The minimum Gasteiger partial charge on any atom is -0.358 e. The number of thiazole rings is 1. The van der Waals surface area contributed by atoms with Crippen LogP contribution < -0.4 is 4.90 Å². The van der Waals surface area contributed by atoms with Crippen LogP contribution in [0.25, 0.3) is 0 Å². The van der Waals surface area contributed by atoms with Crippen LogP contribution in [0.2, 0.25) is 0 Å². The highest BCUT2D eigenvalue weighted by molar-refractivity contribution is 9.11. The van der Waals surface area contributed by atoms with E-state index in [1.54, 1.807) is 4.90 Å². The van der Waals surface area contributed by atoms with Crippen molar-refractivity contribution in [1.82, 2.24) is 20.0 Å². The highest BCUT2D eigenvalue weighted by Gasteiger charge is 2.40. The maximum absolute atomic E-state index is 12.7. The molecule has 0 amide bonds. The maximum atomic E-state index is 12.7. The molecule has 3 heterocycles. The summed E-state index contributed by atoms with van der Waals surface area (Å²) in [5, 5.41) is 18.2. The number of nitro groups is 1. The van der Waals surface area contributed by atoms with Gasteiger partial charge in [0.15, 0.2) is 17.0 Å². The molecule has 0 saturated carbocycles. The minimum atomic E-state index is -4.51. The van der Waals surface area contributed by atoms with E-state index >= 15 is 0 Å². The molecule has 0 unspecified atom stereocenters. The minimum absolute atomic E-state index is 0.0775. The van der Waals surface area contributed by atoms with Crippen LogP contribution in [0, 0.1) is 10.1 Å². The smallest absolute Gasteiger partial charge is 0.358 e. The fourth-order valence-electron chi connectivity index (χ4n) is 1.89. The molecule has 13 heteroatoms. The Morgan fingerprint density at radius 3 is 2.64 bits per heavy atom. The molecule has 0 bridgehead atoms. The summed E-state index contributed by atoms with van der Waals surface area (Å²) in [6.45, 7) is 0.673. The molecule has 118 valence electrons. The predicted octanol–water partition coefficient (Wildman–Crippen LogP) is 2.49. The van der Waals surface area contributed by atoms with Gasteiger partial charge in [-0.3, -0.25) is 0 Å². The van der Waals surface area contributed by atoms with Gasteiger partial charge in [0, 0.05) is 13.1 Å². The van der Waals surface area contributed by atoms with E-state index < -0.39 is 16.8 Å². The van der Waals surface area contributed by atoms with Crippen LogP contribution in [0.3, 0.4) is 0 Å². The maximum Gasteiger partial charge on any atom is 0.435 e. The van der Waals surface area contributed by atoms with Crippen LogP contribution in [0.4, 0.5) is 24.1 Å². The van der Waals surface area contributed by atoms with Crippen LogP contribution in [0.5, 0.6) is 0 Å². The van der Waals surface area contributed by atoms with Crippen molar-refractivity contribution in [3.05, 3.63) is 25.8 Å². The van der Waals surface area contributed by atoms with E-state index in [0.29, 0.717) is 13.1 Å². The average molecular weight is 399 g/mol. The van der Waals surface area contributed by atoms with Gasteiger partial charge in [-0.2, -0.15) is 13.2 Å². The van der Waals surface area contributed by atoms with Gasteiger partial charge in [0.2, 0.25) is 0 Å². The van der Waals surface area contributed by atoms with Crippen molar-refractivity contribution in [3.63, 3.8) is 0 Å². The summed E-state index contributed by atoms with van der Waals surface area (Å²) in [5.41, 5.74) is -0.955. The van der Waals surface area contributed by atoms with E-state index in [4.69, 9.17) is 0 Å². The van der Waals surface area contributed by atoms with Gasteiger partial charge in [-0.25, -0.2) is 4.98 Å². The Hall–Kier alpha value is -1.76. The summed E-state index contributed by atoms with van der Waals surface area (Å²) in [4.78, 5) is 16.3. The van der Waals surface area contributed by atoms with Crippen molar-refractivity contribution in [2.45, 2.75) is 12.2 Å². The highest BCUT2D eigenvalue weighted by atomic mass is 79.9. The third kappa shape index (κ3) is 2.65. The van der Waals surface area contributed by atoms with Gasteiger partial charge in [0.25, 0.3) is 0 Å². The number of alkyl halides is 3. The highest BCUT2D eigenvalue weighted by Crippen LogP contribution is 2.42. The molecule has 1 fully saturated rings. The molecule has 0 spiro atoms. The van der Waals surface area contributed by atoms with E-state index in [0.717, 1.165) is 17.5 Å². The Labute approximate surface area is 132 Å². The lowest BCUT2D eigenvalue weighted by atomic mass is 10.1. The fourth-order valence-corrected chi connectivity index (χ4v) is 3.47. The number of anilines is 1. The Balaban J connectivity index is 1.69. The van der Waals surface area contributed by atoms with Crippen LogP contribution in [-0.4, -0.2) is 38.0 Å². The number of hydrogen-bond donors (Lipinski definition) is 0. The third-order valence-electron chi connectivity index (χ3n) is 2.99. The molecule has 8 nitrogen and oxygen atoms in total. The Bertz CT molecular complexity index is 725. The zero-order valence-corrected chi connectivity index (χ0v) is 12.9. The molecule has 0 atom stereocenters. The first-order valence-corrected chi connectivity index (χ1v) is 7.41. The van der Waals surface area contributed by atoms with Crippen molar-refractivity contribution in [1.29, 1.82) is 0 Å². The second-order valence-electron chi connectivity index (χ2n) is 4.46. The van der Waals surface area contributed by atoms with Gasteiger partial charge in [-0.15, -0.1) is 5.10 Å². The molecule has 2 aromatic heterocycles. The van der Waals surface area contributed by atoms with Gasteiger partial charge in [-0.1, -0.05) is 16.1 Å². The molecule has 1 aliphatic rings. The van der Waals surface area contributed by atoms with Gasteiger partial charge < -0.3 is 15.0 Å². The van der Waals surface area contributed by atoms with E-state index in [-0.39, 0.29) is 20.8 Å². The third-order valence-corrected chi connectivity index (χ3v) is 4.75. The molecule has 1 aliphatic heterocycles. The summed E-state index contributed by atoms with van der Waals surface area (Å²) in [5.74, 6) is -0.366. The summed E-state index contributed by atoms with van der Waals surface area (Å²) in [7, 11) is 0. The summed E-state index contributed by atoms with van der Waals surface area (Å²) < 4.78 is 37.9. The van der Waals surface area contributed by atoms with Crippen molar-refractivity contribution in [3.8, 4) is 0 Å². The van der Waals surface area contributed by atoms with Crippen LogP contribution in [-0.2, 0) is 6.18 Å². The SMILES string of the molecule is O=[N+]([O-])c1cnn(C2CN(c3nc(C(F)(F)F)c(Br)s3)C2)n1. The number of nitrogens with zero attached hydrogens (tertiary/aromatic N) is 6. The van der Waals surface area contributed by atoms with Crippen LogP contribution in [0.1, 0.15) is 11.7 Å². The zero-order chi connectivity index (χ0) is 16.1. The van der Waals surface area contributed by atoms with Crippen molar-refractivity contribution < 1.29 is 18.1 Å². The topological polar surface area (TPSA) is 90.0 Å². The van der Waals surface area contributed by atoms with Crippen LogP contribution >= 0.6 is 27.3 Å². The lowest BCUT2D eigenvalue weighted by Crippen LogP contribution is -2.48. The largest absolute Gasteiger partial charge is 0.435 e. The first kappa shape index (κ1) is 15.1. The van der Waals surface area contributed by atoms with Gasteiger partial charge in [-0.05, 0) is 20.9 Å². The number of rotatable bonds is 3.